The summed E-state index contributed by atoms with van der Waals surface area (Å²) in [4.78, 5) is 11.3. The van der Waals surface area contributed by atoms with Crippen LogP contribution in [0, 0.1) is 0 Å². The number of rotatable bonds is 10. The molecular weight excluding hydrogens is 382 g/mol. The Kier molecular flexibility index (Phi) is 8.48. The molecule has 0 fully saturated rings. The number of amides is 1. The lowest BCUT2D eigenvalue weighted by Crippen LogP contribution is -2.17. The average Bonchev–Trinajstić information content (AvgIpc) is 2.83. The molecule has 0 atom stereocenters. The van der Waals surface area contributed by atoms with E-state index in [4.69, 9.17) is 4.74 Å². The van der Waals surface area contributed by atoms with Crippen LogP contribution in [-0.2, 0) is 4.79 Å². The third-order valence-corrected chi connectivity index (χ3v) is 5.33. The zero-order valence-electron chi connectivity index (χ0n) is 18.4. The van der Waals surface area contributed by atoms with Gasteiger partial charge in [0.25, 0.3) is 0 Å². The Hall–Kier alpha value is -3.33. The van der Waals surface area contributed by atoms with E-state index in [0.29, 0.717) is 13.0 Å². The summed E-state index contributed by atoms with van der Waals surface area (Å²) in [6, 6.07) is 29.5. The predicted molar refractivity (Wildman–Crippen MR) is 129 cm³/mol. The highest BCUT2D eigenvalue weighted by Crippen LogP contribution is 2.34. The molecule has 0 aromatic heterocycles. The van der Waals surface area contributed by atoms with Crippen molar-refractivity contribution in [3.63, 3.8) is 0 Å². The van der Waals surface area contributed by atoms with Gasteiger partial charge in [0.2, 0.25) is 5.91 Å². The second kappa shape index (κ2) is 11.8. The Labute approximate surface area is 185 Å². The van der Waals surface area contributed by atoms with Crippen molar-refractivity contribution < 1.29 is 9.53 Å². The molecule has 3 heteroatoms. The molecule has 3 nitrogen and oxygen atoms in total. The first kappa shape index (κ1) is 22.4. The molecule has 0 bridgehead atoms. The molecule has 0 aliphatic carbocycles. The molecule has 0 spiro atoms. The second-order valence-electron chi connectivity index (χ2n) is 7.44. The first-order valence-electron chi connectivity index (χ1n) is 11.0. The second-order valence-corrected chi connectivity index (χ2v) is 7.44. The molecule has 3 aromatic rings. The lowest BCUT2D eigenvalue weighted by molar-refractivity contribution is -0.120. The van der Waals surface area contributed by atoms with Gasteiger partial charge in [-0.05, 0) is 59.2 Å². The van der Waals surface area contributed by atoms with Crippen LogP contribution in [0.3, 0.4) is 0 Å². The van der Waals surface area contributed by atoms with E-state index in [-0.39, 0.29) is 5.91 Å². The third-order valence-electron chi connectivity index (χ3n) is 5.33. The van der Waals surface area contributed by atoms with Crippen molar-refractivity contribution in [1.29, 1.82) is 0 Å². The molecule has 1 N–H and O–H groups in total. The van der Waals surface area contributed by atoms with Crippen LogP contribution in [0.1, 0.15) is 49.3 Å². The number of benzene rings is 3. The quantitative estimate of drug-likeness (QED) is 0.311. The molecule has 0 radical (unpaired) electrons. The maximum Gasteiger partial charge on any atom is 0.219 e. The van der Waals surface area contributed by atoms with Crippen LogP contribution in [0.5, 0.6) is 5.75 Å². The van der Waals surface area contributed by atoms with Crippen LogP contribution in [0.15, 0.2) is 84.9 Å². The van der Waals surface area contributed by atoms with E-state index >= 15 is 0 Å². The topological polar surface area (TPSA) is 38.3 Å². The molecule has 1 amide bonds. The smallest absolute Gasteiger partial charge is 0.219 e. The van der Waals surface area contributed by atoms with E-state index in [1.54, 1.807) is 7.05 Å². The Morgan fingerprint density at radius 3 is 1.94 bits per heavy atom. The Morgan fingerprint density at radius 1 is 0.774 bits per heavy atom. The van der Waals surface area contributed by atoms with Gasteiger partial charge in [-0.25, -0.2) is 0 Å². The monoisotopic (exact) mass is 413 g/mol. The Bertz CT molecular complexity index is 977. The van der Waals surface area contributed by atoms with Gasteiger partial charge in [-0.2, -0.15) is 0 Å². The highest BCUT2D eigenvalue weighted by molar-refractivity contribution is 5.98. The molecule has 0 heterocycles. The Balaban J connectivity index is 1.81. The molecule has 3 aromatic carbocycles. The molecule has 160 valence electrons. The van der Waals surface area contributed by atoms with Crippen molar-refractivity contribution in [3.05, 3.63) is 102 Å². The maximum absolute atomic E-state index is 11.3. The third kappa shape index (κ3) is 6.32. The number of ether oxygens (including phenoxy) is 1. The number of unbranched alkanes of at least 4 members (excludes halogenated alkanes) is 1. The molecule has 31 heavy (non-hydrogen) atoms. The van der Waals surface area contributed by atoms with Gasteiger partial charge in [-0.1, -0.05) is 79.7 Å². The minimum atomic E-state index is 0.0784. The van der Waals surface area contributed by atoms with Gasteiger partial charge in [-0.15, -0.1) is 0 Å². The maximum atomic E-state index is 11.3. The van der Waals surface area contributed by atoms with Crippen LogP contribution in [0.25, 0.3) is 11.1 Å². The fourth-order valence-electron chi connectivity index (χ4n) is 3.70. The number of hydrogen-bond donors (Lipinski definition) is 1. The van der Waals surface area contributed by atoms with Crippen molar-refractivity contribution in [2.45, 2.75) is 32.6 Å². The number of carbonyl (C=O) groups excluding carboxylic acids is 1. The van der Waals surface area contributed by atoms with Gasteiger partial charge in [0.15, 0.2) is 0 Å². The first-order chi connectivity index (χ1) is 15.2. The summed E-state index contributed by atoms with van der Waals surface area (Å²) >= 11 is 0. The summed E-state index contributed by atoms with van der Waals surface area (Å²) in [7, 11) is 1.67. The summed E-state index contributed by atoms with van der Waals surface area (Å²) < 4.78 is 5.89. The van der Waals surface area contributed by atoms with Gasteiger partial charge in [0.1, 0.15) is 5.75 Å². The molecule has 0 unspecified atom stereocenters. The lowest BCUT2D eigenvalue weighted by atomic mass is 9.88. The summed E-state index contributed by atoms with van der Waals surface area (Å²) in [6.45, 7) is 2.82. The highest BCUT2D eigenvalue weighted by atomic mass is 16.5. The van der Waals surface area contributed by atoms with E-state index in [1.165, 1.54) is 27.8 Å². The zero-order valence-corrected chi connectivity index (χ0v) is 18.4. The van der Waals surface area contributed by atoms with E-state index in [2.05, 4.69) is 85.0 Å². The number of hydrogen-bond acceptors (Lipinski definition) is 2. The van der Waals surface area contributed by atoms with Gasteiger partial charge in [-0.3, -0.25) is 4.79 Å². The standard InChI is InChI=1S/C28H31NO2/c1-3-26(22-12-6-4-7-13-22)28(23-14-8-5-9-15-23)24-17-19-25(20-18-24)31-21-11-10-16-27(30)29-2/h4-9,12-15,17-20H,3,10-11,16,21H2,1-2H3,(H,29,30). The van der Waals surface area contributed by atoms with Crippen LogP contribution < -0.4 is 10.1 Å². The average molecular weight is 414 g/mol. The van der Waals surface area contributed by atoms with Gasteiger partial charge in [0.05, 0.1) is 6.61 Å². The Morgan fingerprint density at radius 2 is 1.35 bits per heavy atom. The first-order valence-corrected chi connectivity index (χ1v) is 11.0. The normalized spacial score (nSPS) is 11.5. The van der Waals surface area contributed by atoms with Gasteiger partial charge < -0.3 is 10.1 Å². The lowest BCUT2D eigenvalue weighted by Gasteiger charge is -2.17. The van der Waals surface area contributed by atoms with Crippen molar-refractivity contribution in [2.75, 3.05) is 13.7 Å². The van der Waals surface area contributed by atoms with Crippen molar-refractivity contribution >= 4 is 17.1 Å². The van der Waals surface area contributed by atoms with Crippen LogP contribution >= 0.6 is 0 Å². The molecule has 0 saturated carbocycles. The van der Waals surface area contributed by atoms with Crippen LogP contribution in [-0.4, -0.2) is 19.6 Å². The zero-order chi connectivity index (χ0) is 21.9. The van der Waals surface area contributed by atoms with Crippen molar-refractivity contribution in [1.82, 2.24) is 5.32 Å². The van der Waals surface area contributed by atoms with Crippen LogP contribution in [0.4, 0.5) is 0 Å². The molecule has 0 saturated heterocycles. The largest absolute Gasteiger partial charge is 0.494 e. The van der Waals surface area contributed by atoms with E-state index in [9.17, 15) is 4.79 Å². The molecule has 0 aliphatic heterocycles. The number of carbonyl (C=O) groups is 1. The molecule has 0 aliphatic rings. The highest BCUT2D eigenvalue weighted by Gasteiger charge is 2.13. The van der Waals surface area contributed by atoms with Gasteiger partial charge >= 0.3 is 0 Å². The van der Waals surface area contributed by atoms with Crippen molar-refractivity contribution in [3.8, 4) is 5.75 Å². The minimum absolute atomic E-state index is 0.0784. The summed E-state index contributed by atoms with van der Waals surface area (Å²) in [5.74, 6) is 0.934. The van der Waals surface area contributed by atoms with Crippen molar-refractivity contribution in [2.24, 2.45) is 0 Å². The van der Waals surface area contributed by atoms with E-state index < -0.39 is 0 Å². The van der Waals surface area contributed by atoms with Crippen LogP contribution in [0.2, 0.25) is 0 Å². The summed E-state index contributed by atoms with van der Waals surface area (Å²) in [5, 5.41) is 2.65. The fourth-order valence-corrected chi connectivity index (χ4v) is 3.70. The molecular formula is C28H31NO2. The van der Waals surface area contributed by atoms with E-state index in [1.807, 2.05) is 12.1 Å². The van der Waals surface area contributed by atoms with E-state index in [0.717, 1.165) is 25.0 Å². The minimum Gasteiger partial charge on any atom is -0.494 e. The number of nitrogens with one attached hydrogen (secondary N) is 1. The SMILES string of the molecule is CCC(=C(c1ccccc1)c1ccc(OCCCCC(=O)NC)cc1)c1ccccc1. The van der Waals surface area contributed by atoms with Gasteiger partial charge in [0, 0.05) is 13.5 Å². The summed E-state index contributed by atoms with van der Waals surface area (Å²) in [6.07, 6.45) is 3.18. The summed E-state index contributed by atoms with van der Waals surface area (Å²) in [5.41, 5.74) is 6.23. The number of allylic oxidation sites excluding steroid dienone is 1. The fraction of sp³-hybridized carbons (Fsp3) is 0.250. The predicted octanol–water partition coefficient (Wildman–Crippen LogP) is 6.35. The molecule has 3 rings (SSSR count).